The molecule has 0 bridgehead atoms. The summed E-state index contributed by atoms with van der Waals surface area (Å²) in [6, 6.07) is 21.8. The van der Waals surface area contributed by atoms with Gasteiger partial charge in [0.1, 0.15) is 23.9 Å². The van der Waals surface area contributed by atoms with Crippen molar-refractivity contribution in [2.24, 2.45) is 0 Å². The Balaban J connectivity index is 1.40. The quantitative estimate of drug-likeness (QED) is 0.268. The number of nitrogens with zero attached hydrogens (tertiary/aromatic N) is 2. The van der Waals surface area contributed by atoms with E-state index in [1.165, 1.54) is 11.1 Å². The minimum atomic E-state index is -0.131. The fourth-order valence-corrected chi connectivity index (χ4v) is 4.43. The molecule has 3 aromatic carbocycles. The summed E-state index contributed by atoms with van der Waals surface area (Å²) in [4.78, 5) is 17.5. The first-order valence-corrected chi connectivity index (χ1v) is 12.6. The summed E-state index contributed by atoms with van der Waals surface area (Å²) in [5.74, 6) is 2.80. The Hall–Kier alpha value is -3.80. The zero-order chi connectivity index (χ0) is 25.5. The molecule has 0 saturated heterocycles. The van der Waals surface area contributed by atoms with Gasteiger partial charge in [0.25, 0.3) is 5.91 Å². The molecule has 1 N–H and O–H groups in total. The molecule has 1 amide bonds. The maximum atomic E-state index is 12.6. The van der Waals surface area contributed by atoms with Crippen molar-refractivity contribution in [1.82, 2.24) is 14.9 Å². The van der Waals surface area contributed by atoms with E-state index in [1.54, 1.807) is 19.2 Å². The lowest BCUT2D eigenvalue weighted by Gasteiger charge is -2.16. The van der Waals surface area contributed by atoms with Gasteiger partial charge in [-0.15, -0.1) is 0 Å². The highest BCUT2D eigenvalue weighted by Gasteiger charge is 2.14. The van der Waals surface area contributed by atoms with Gasteiger partial charge in [0.15, 0.2) is 0 Å². The summed E-state index contributed by atoms with van der Waals surface area (Å²) < 4.78 is 13.8. The molecule has 0 aliphatic rings. The van der Waals surface area contributed by atoms with E-state index in [4.69, 9.17) is 14.5 Å². The van der Waals surface area contributed by atoms with Gasteiger partial charge in [0.2, 0.25) is 0 Å². The topological polar surface area (TPSA) is 65.4 Å². The first-order chi connectivity index (χ1) is 17.5. The highest BCUT2D eigenvalue weighted by molar-refractivity contribution is 5.96. The standard InChI is InChI=1S/C30H35N3O3/c1-21(2)23-16-15-22(3)20-28(23)36-19-18-33-26-12-7-6-11-25(26)32-29(33)14-9-17-31-30(34)24-10-5-8-13-27(24)35-4/h5-8,10-13,15-16,20-21H,9,14,17-19H2,1-4H3,(H,31,34). The molecule has 0 atom stereocenters. The molecular formula is C30H35N3O3. The molecule has 36 heavy (non-hydrogen) atoms. The Bertz CT molecular complexity index is 1330. The maximum absolute atomic E-state index is 12.6. The van der Waals surface area contributed by atoms with Crippen molar-refractivity contribution in [2.75, 3.05) is 20.3 Å². The lowest BCUT2D eigenvalue weighted by Crippen LogP contribution is -2.25. The number of rotatable bonds is 11. The van der Waals surface area contributed by atoms with Gasteiger partial charge in [0.05, 0.1) is 30.3 Å². The fourth-order valence-electron chi connectivity index (χ4n) is 4.43. The van der Waals surface area contributed by atoms with E-state index in [1.807, 2.05) is 30.3 Å². The number of amides is 1. The number of nitrogens with one attached hydrogen (secondary N) is 1. The Morgan fingerprint density at radius 3 is 2.61 bits per heavy atom. The van der Waals surface area contributed by atoms with Gasteiger partial charge < -0.3 is 19.4 Å². The van der Waals surface area contributed by atoms with Crippen molar-refractivity contribution in [3.05, 3.63) is 89.2 Å². The lowest BCUT2D eigenvalue weighted by atomic mass is 10.0. The van der Waals surface area contributed by atoms with E-state index in [9.17, 15) is 4.79 Å². The van der Waals surface area contributed by atoms with E-state index in [0.29, 0.717) is 36.9 Å². The van der Waals surface area contributed by atoms with Crippen LogP contribution >= 0.6 is 0 Å². The number of aromatic nitrogens is 2. The Kier molecular flexibility index (Phi) is 8.26. The highest BCUT2D eigenvalue weighted by Crippen LogP contribution is 2.28. The van der Waals surface area contributed by atoms with Crippen molar-refractivity contribution in [3.8, 4) is 11.5 Å². The molecule has 0 unspecified atom stereocenters. The Labute approximate surface area is 213 Å². The summed E-state index contributed by atoms with van der Waals surface area (Å²) in [6.45, 7) is 8.27. The van der Waals surface area contributed by atoms with Crippen LogP contribution in [-0.2, 0) is 13.0 Å². The zero-order valence-electron chi connectivity index (χ0n) is 21.6. The minimum Gasteiger partial charge on any atom is -0.496 e. The third-order valence-corrected chi connectivity index (χ3v) is 6.31. The van der Waals surface area contributed by atoms with Crippen LogP contribution in [0.5, 0.6) is 11.5 Å². The van der Waals surface area contributed by atoms with E-state index < -0.39 is 0 Å². The van der Waals surface area contributed by atoms with Gasteiger partial charge in [-0.25, -0.2) is 4.98 Å². The fraction of sp³-hybridized carbons (Fsp3) is 0.333. The average molecular weight is 486 g/mol. The summed E-state index contributed by atoms with van der Waals surface area (Å²) in [5, 5.41) is 3.00. The average Bonchev–Trinajstić information content (AvgIpc) is 3.23. The predicted molar refractivity (Wildman–Crippen MR) is 144 cm³/mol. The molecule has 0 fully saturated rings. The van der Waals surface area contributed by atoms with Crippen molar-refractivity contribution in [1.29, 1.82) is 0 Å². The Morgan fingerprint density at radius 1 is 1.03 bits per heavy atom. The molecule has 1 heterocycles. The number of methoxy groups -OCH3 is 1. The van der Waals surface area contributed by atoms with Crippen LogP contribution in [0.2, 0.25) is 0 Å². The van der Waals surface area contributed by atoms with Gasteiger partial charge in [-0.05, 0) is 60.7 Å². The number of fused-ring (bicyclic) bond motifs is 1. The first kappa shape index (κ1) is 25.3. The van der Waals surface area contributed by atoms with E-state index in [-0.39, 0.29) is 5.91 Å². The van der Waals surface area contributed by atoms with Gasteiger partial charge in [-0.3, -0.25) is 4.79 Å². The SMILES string of the molecule is COc1ccccc1C(=O)NCCCc1nc2ccccc2n1CCOc1cc(C)ccc1C(C)C. The summed E-state index contributed by atoms with van der Waals surface area (Å²) in [5.41, 5.74) is 5.04. The summed E-state index contributed by atoms with van der Waals surface area (Å²) in [6.07, 6.45) is 1.53. The molecule has 0 saturated carbocycles. The predicted octanol–water partition coefficient (Wildman–Crippen LogP) is 5.92. The van der Waals surface area contributed by atoms with Crippen LogP contribution in [0.4, 0.5) is 0 Å². The van der Waals surface area contributed by atoms with Crippen LogP contribution in [0, 0.1) is 6.92 Å². The van der Waals surface area contributed by atoms with Crippen molar-refractivity contribution < 1.29 is 14.3 Å². The zero-order valence-corrected chi connectivity index (χ0v) is 21.6. The minimum absolute atomic E-state index is 0.131. The molecule has 0 aliphatic carbocycles. The molecule has 4 rings (SSSR count). The monoisotopic (exact) mass is 485 g/mol. The number of benzene rings is 3. The van der Waals surface area contributed by atoms with Crippen LogP contribution in [0.1, 0.15) is 53.5 Å². The number of ether oxygens (including phenoxy) is 2. The normalized spacial score (nSPS) is 11.1. The van der Waals surface area contributed by atoms with Crippen LogP contribution in [0.15, 0.2) is 66.7 Å². The van der Waals surface area contributed by atoms with Crippen LogP contribution in [0.3, 0.4) is 0 Å². The van der Waals surface area contributed by atoms with Gasteiger partial charge in [-0.2, -0.15) is 0 Å². The summed E-state index contributed by atoms with van der Waals surface area (Å²) >= 11 is 0. The van der Waals surface area contributed by atoms with Gasteiger partial charge in [-0.1, -0.05) is 50.2 Å². The van der Waals surface area contributed by atoms with E-state index in [0.717, 1.165) is 35.4 Å². The number of carbonyl (C=O) groups is 1. The largest absolute Gasteiger partial charge is 0.496 e. The first-order valence-electron chi connectivity index (χ1n) is 12.6. The molecule has 6 nitrogen and oxygen atoms in total. The van der Waals surface area contributed by atoms with Gasteiger partial charge in [0, 0.05) is 13.0 Å². The molecule has 1 aromatic heterocycles. The van der Waals surface area contributed by atoms with Gasteiger partial charge >= 0.3 is 0 Å². The van der Waals surface area contributed by atoms with Crippen LogP contribution < -0.4 is 14.8 Å². The van der Waals surface area contributed by atoms with E-state index >= 15 is 0 Å². The number of hydrogen-bond acceptors (Lipinski definition) is 4. The molecule has 0 radical (unpaired) electrons. The molecular weight excluding hydrogens is 450 g/mol. The van der Waals surface area contributed by atoms with Crippen LogP contribution in [-0.4, -0.2) is 35.7 Å². The van der Waals surface area contributed by atoms with E-state index in [2.05, 4.69) is 54.9 Å². The Morgan fingerprint density at radius 2 is 1.81 bits per heavy atom. The van der Waals surface area contributed by atoms with Crippen molar-refractivity contribution in [3.63, 3.8) is 0 Å². The number of para-hydroxylation sites is 3. The lowest BCUT2D eigenvalue weighted by molar-refractivity contribution is 0.0950. The summed E-state index contributed by atoms with van der Waals surface area (Å²) in [7, 11) is 1.57. The number of hydrogen-bond donors (Lipinski definition) is 1. The second kappa shape index (κ2) is 11.8. The second-order valence-corrected chi connectivity index (χ2v) is 9.27. The smallest absolute Gasteiger partial charge is 0.255 e. The third kappa shape index (κ3) is 5.88. The third-order valence-electron chi connectivity index (χ3n) is 6.31. The number of aryl methyl sites for hydroxylation is 2. The molecule has 6 heteroatoms. The van der Waals surface area contributed by atoms with Crippen LogP contribution in [0.25, 0.3) is 11.0 Å². The maximum Gasteiger partial charge on any atom is 0.255 e. The highest BCUT2D eigenvalue weighted by atomic mass is 16.5. The van der Waals surface area contributed by atoms with Crippen molar-refractivity contribution >= 4 is 16.9 Å². The van der Waals surface area contributed by atoms with Crippen molar-refractivity contribution in [2.45, 2.75) is 46.1 Å². The molecule has 188 valence electrons. The number of carbonyl (C=O) groups excluding carboxylic acids is 1. The second-order valence-electron chi connectivity index (χ2n) is 9.27. The molecule has 0 spiro atoms. The molecule has 4 aromatic rings. The number of imidazole rings is 1. The molecule has 0 aliphatic heterocycles.